The van der Waals surface area contributed by atoms with Gasteiger partial charge in [0.15, 0.2) is 5.78 Å². The summed E-state index contributed by atoms with van der Waals surface area (Å²) in [6.07, 6.45) is -0.269. The topological polar surface area (TPSA) is 44.3 Å². The molecule has 1 unspecified atom stereocenters. The lowest BCUT2D eigenvalue weighted by Gasteiger charge is -2.39. The first-order chi connectivity index (χ1) is 12.3. The summed E-state index contributed by atoms with van der Waals surface area (Å²) in [4.78, 5) is 12.9. The van der Waals surface area contributed by atoms with Gasteiger partial charge in [-0.2, -0.15) is 0 Å². The minimum Gasteiger partial charge on any atom is -0.656 e. The lowest BCUT2D eigenvalue weighted by Crippen LogP contribution is -2.38. The maximum absolute atomic E-state index is 12.9. The summed E-state index contributed by atoms with van der Waals surface area (Å²) < 4.78 is 6.09. The quantitative estimate of drug-likeness (QED) is 0.721. The second-order valence-corrected chi connectivity index (χ2v) is 7.62. The Bertz CT molecular complexity index is 798. The zero-order valence-electron chi connectivity index (χ0n) is 13.7. The first-order valence-electron chi connectivity index (χ1n) is 8.44. The number of benzene rings is 3. The Morgan fingerprint density at radius 1 is 0.680 bits per heavy atom. The van der Waals surface area contributed by atoms with Gasteiger partial charge in [-0.25, -0.2) is 4.52 Å². The number of rotatable bonds is 3. The van der Waals surface area contributed by atoms with Crippen LogP contribution in [-0.4, -0.2) is 0 Å². The third-order valence-corrected chi connectivity index (χ3v) is 6.01. The van der Waals surface area contributed by atoms with Crippen LogP contribution in [0.25, 0.3) is 0 Å². The Balaban J connectivity index is 1.71. The van der Waals surface area contributed by atoms with Gasteiger partial charge in [0.05, 0.1) is 6.04 Å². The van der Waals surface area contributed by atoms with E-state index in [1.54, 1.807) is 0 Å². The van der Waals surface area contributed by atoms with E-state index in [0.717, 1.165) is 16.7 Å². The van der Waals surface area contributed by atoms with E-state index < -0.39 is 8.38 Å². The maximum Gasteiger partial charge on any atom is 0.165 e. The van der Waals surface area contributed by atoms with E-state index in [9.17, 15) is 4.89 Å². The summed E-state index contributed by atoms with van der Waals surface area (Å²) in [7, 11) is -2.28. The van der Waals surface area contributed by atoms with E-state index in [-0.39, 0.29) is 17.9 Å². The molecule has 3 aromatic carbocycles. The van der Waals surface area contributed by atoms with Gasteiger partial charge in [0, 0.05) is 5.56 Å². The normalized spacial score (nSPS) is 26.3. The fourth-order valence-electron chi connectivity index (χ4n) is 3.31. The second kappa shape index (κ2) is 7.47. The molecule has 0 spiro atoms. The molecule has 1 heterocycles. The molecule has 1 aliphatic rings. The van der Waals surface area contributed by atoms with Gasteiger partial charge in [-0.15, -0.1) is 0 Å². The SMILES string of the molecule is [O-][PH+]1O[C@@H](c2ccccc2)[C@@H](c2ccccc2)N[C@@H]1c1ccccc1. The average Bonchev–Trinajstić information content (AvgIpc) is 2.70. The summed E-state index contributed by atoms with van der Waals surface area (Å²) in [6.45, 7) is 0. The highest BCUT2D eigenvalue weighted by atomic mass is 31.2. The number of hydrogen-bond acceptors (Lipinski definition) is 3. The summed E-state index contributed by atoms with van der Waals surface area (Å²) in [6, 6.07) is 30.1. The molecule has 1 N–H and O–H groups in total. The van der Waals surface area contributed by atoms with Crippen molar-refractivity contribution in [1.82, 2.24) is 5.32 Å². The standard InChI is InChI=1S/C21H20NO2P/c23-25-21(18-14-8-3-9-15-18)22-19(16-10-4-1-5-11-16)20(24-25)17-12-6-2-7-13-17/h1-15,19-22,25H/t19-,20+,21+/m1/s1. The van der Waals surface area contributed by atoms with Crippen molar-refractivity contribution in [1.29, 1.82) is 0 Å². The lowest BCUT2D eigenvalue weighted by atomic mass is 9.95. The monoisotopic (exact) mass is 349 g/mol. The van der Waals surface area contributed by atoms with Crippen LogP contribution in [0.4, 0.5) is 0 Å². The fraction of sp³-hybridized carbons (Fsp3) is 0.143. The molecule has 1 saturated heterocycles. The molecule has 0 radical (unpaired) electrons. The molecule has 25 heavy (non-hydrogen) atoms. The molecule has 126 valence electrons. The zero-order valence-corrected chi connectivity index (χ0v) is 14.7. The predicted molar refractivity (Wildman–Crippen MR) is 100 cm³/mol. The Morgan fingerprint density at radius 2 is 1.16 bits per heavy atom. The van der Waals surface area contributed by atoms with Gasteiger partial charge >= 0.3 is 0 Å². The van der Waals surface area contributed by atoms with Gasteiger partial charge < -0.3 is 4.89 Å². The van der Waals surface area contributed by atoms with Gasteiger partial charge in [0.2, 0.25) is 0 Å². The van der Waals surface area contributed by atoms with Crippen molar-refractivity contribution in [2.75, 3.05) is 0 Å². The molecule has 0 saturated carbocycles. The van der Waals surface area contributed by atoms with E-state index >= 15 is 0 Å². The van der Waals surface area contributed by atoms with E-state index in [2.05, 4.69) is 17.4 Å². The zero-order chi connectivity index (χ0) is 17.1. The largest absolute Gasteiger partial charge is 0.656 e. The lowest BCUT2D eigenvalue weighted by molar-refractivity contribution is -0.193. The highest BCUT2D eigenvalue weighted by Gasteiger charge is 2.40. The summed E-state index contributed by atoms with van der Waals surface area (Å²) >= 11 is 0. The number of hydrogen-bond donors (Lipinski definition) is 1. The predicted octanol–water partition coefficient (Wildman–Crippen LogP) is 4.19. The van der Waals surface area contributed by atoms with Crippen LogP contribution in [0.3, 0.4) is 0 Å². The molecule has 0 amide bonds. The van der Waals surface area contributed by atoms with Crippen LogP contribution < -0.4 is 10.2 Å². The fourth-order valence-corrected chi connectivity index (χ4v) is 4.75. The van der Waals surface area contributed by atoms with Crippen molar-refractivity contribution in [2.45, 2.75) is 17.9 Å². The third-order valence-electron chi connectivity index (χ3n) is 4.55. The van der Waals surface area contributed by atoms with Crippen LogP contribution in [0.2, 0.25) is 0 Å². The van der Waals surface area contributed by atoms with Crippen LogP contribution in [0.1, 0.15) is 34.6 Å². The van der Waals surface area contributed by atoms with Crippen LogP contribution >= 0.6 is 8.38 Å². The van der Waals surface area contributed by atoms with Crippen molar-refractivity contribution >= 4 is 8.38 Å². The van der Waals surface area contributed by atoms with E-state index in [4.69, 9.17) is 4.52 Å². The molecule has 1 aliphatic heterocycles. The highest BCUT2D eigenvalue weighted by Crippen LogP contribution is 2.55. The summed E-state index contributed by atoms with van der Waals surface area (Å²) in [5.41, 5.74) is 3.17. The molecule has 3 nitrogen and oxygen atoms in total. The van der Waals surface area contributed by atoms with Crippen LogP contribution in [0.15, 0.2) is 91.0 Å². The molecule has 0 bridgehead atoms. The van der Waals surface area contributed by atoms with E-state index in [1.807, 2.05) is 78.9 Å². The second-order valence-electron chi connectivity index (χ2n) is 6.17. The molecular weight excluding hydrogens is 329 g/mol. The summed E-state index contributed by atoms with van der Waals surface area (Å²) in [5, 5.41) is 3.59. The van der Waals surface area contributed by atoms with Crippen molar-refractivity contribution < 1.29 is 9.42 Å². The van der Waals surface area contributed by atoms with Crippen LogP contribution in [0, 0.1) is 0 Å². The van der Waals surface area contributed by atoms with E-state index in [1.165, 1.54) is 0 Å². The molecule has 4 atom stereocenters. The smallest absolute Gasteiger partial charge is 0.165 e. The van der Waals surface area contributed by atoms with Crippen molar-refractivity contribution in [2.24, 2.45) is 0 Å². The van der Waals surface area contributed by atoms with Crippen molar-refractivity contribution in [3.8, 4) is 0 Å². The first-order valence-corrected chi connectivity index (χ1v) is 9.84. The van der Waals surface area contributed by atoms with Gasteiger partial charge in [-0.1, -0.05) is 91.0 Å². The van der Waals surface area contributed by atoms with Crippen LogP contribution in [0.5, 0.6) is 0 Å². The first kappa shape index (κ1) is 16.4. The van der Waals surface area contributed by atoms with E-state index in [0.29, 0.717) is 0 Å². The molecule has 4 rings (SSSR count). The van der Waals surface area contributed by atoms with Gasteiger partial charge in [0.1, 0.15) is 14.5 Å². The Kier molecular flexibility index (Phi) is 4.91. The average molecular weight is 349 g/mol. The molecule has 3 aromatic rings. The minimum absolute atomic E-state index is 0.0588. The third kappa shape index (κ3) is 3.51. The van der Waals surface area contributed by atoms with Gasteiger partial charge in [0.25, 0.3) is 0 Å². The molecular formula is C21H20NO2P. The van der Waals surface area contributed by atoms with Crippen molar-refractivity contribution in [3.05, 3.63) is 108 Å². The van der Waals surface area contributed by atoms with Crippen LogP contribution in [-0.2, 0) is 4.52 Å². The molecule has 0 aromatic heterocycles. The minimum atomic E-state index is -2.28. The molecule has 0 aliphatic carbocycles. The van der Waals surface area contributed by atoms with Gasteiger partial charge in [-0.05, 0) is 11.1 Å². The number of nitrogens with one attached hydrogen (secondary N) is 1. The molecule has 1 fully saturated rings. The van der Waals surface area contributed by atoms with Crippen molar-refractivity contribution in [3.63, 3.8) is 0 Å². The Labute approximate surface area is 149 Å². The Morgan fingerprint density at radius 3 is 1.72 bits per heavy atom. The molecule has 4 heteroatoms. The highest BCUT2D eigenvalue weighted by molar-refractivity contribution is 7.45. The van der Waals surface area contributed by atoms with Gasteiger partial charge in [-0.3, -0.25) is 5.32 Å². The summed E-state index contributed by atoms with van der Waals surface area (Å²) in [5.74, 6) is -0.281. The maximum atomic E-state index is 12.9. The Hall–Kier alpha value is -2.03.